The van der Waals surface area contributed by atoms with E-state index in [1.165, 1.54) is 44.9 Å². The second-order valence-corrected chi connectivity index (χ2v) is 14.2. The molecule has 0 saturated carbocycles. The first-order valence-corrected chi connectivity index (χ1v) is 19.8. The van der Waals surface area contributed by atoms with E-state index in [-0.39, 0.29) is 43.1 Å². The monoisotopic (exact) mass is 716 g/mol. The third-order valence-corrected chi connectivity index (χ3v) is 8.45. The zero-order chi connectivity index (χ0) is 37.8. The van der Waals surface area contributed by atoms with Gasteiger partial charge in [-0.05, 0) is 51.4 Å². The van der Waals surface area contributed by atoms with Gasteiger partial charge in [0.05, 0.1) is 46.7 Å². The Hall–Kier alpha value is -2.97. The molecular weight excluding hydrogens is 642 g/mol. The Morgan fingerprint density at radius 3 is 1.76 bits per heavy atom. The van der Waals surface area contributed by atoms with Crippen LogP contribution in [0.25, 0.3) is 0 Å². The van der Waals surface area contributed by atoms with Crippen LogP contribution in [0.15, 0.2) is 60.8 Å². The van der Waals surface area contributed by atoms with Gasteiger partial charge in [-0.25, -0.2) is 0 Å². The lowest BCUT2D eigenvalue weighted by Gasteiger charge is -2.34. The Morgan fingerprint density at radius 2 is 1.20 bits per heavy atom. The molecule has 0 saturated heterocycles. The second-order valence-electron chi connectivity index (χ2n) is 14.2. The number of carboxylic acids is 1. The van der Waals surface area contributed by atoms with Crippen molar-refractivity contribution in [1.29, 1.82) is 0 Å². The maximum absolute atomic E-state index is 12.5. The van der Waals surface area contributed by atoms with Crippen LogP contribution in [0.3, 0.4) is 0 Å². The molecule has 0 aromatic rings. The summed E-state index contributed by atoms with van der Waals surface area (Å²) in [5.41, 5.74) is 0. The molecule has 2 unspecified atom stereocenters. The summed E-state index contributed by atoms with van der Waals surface area (Å²) < 4.78 is 16.9. The zero-order valence-corrected chi connectivity index (χ0v) is 33.0. The van der Waals surface area contributed by atoms with E-state index in [2.05, 4.69) is 56.4 Å². The van der Waals surface area contributed by atoms with Gasteiger partial charge in [-0.15, -0.1) is 0 Å². The molecule has 0 fully saturated rings. The Kier molecular flexibility index (Phi) is 32.1. The van der Waals surface area contributed by atoms with Crippen molar-refractivity contribution in [3.63, 3.8) is 0 Å². The number of quaternary nitrogens is 1. The lowest BCUT2D eigenvalue weighted by Crippen LogP contribution is -2.55. The highest BCUT2D eigenvalue weighted by Crippen LogP contribution is 2.11. The van der Waals surface area contributed by atoms with Crippen LogP contribution in [-0.4, -0.2) is 75.5 Å². The summed E-state index contributed by atoms with van der Waals surface area (Å²) >= 11 is 0. The van der Waals surface area contributed by atoms with Crippen molar-refractivity contribution >= 4 is 17.9 Å². The lowest BCUT2D eigenvalue weighted by molar-refractivity contribution is -0.889. The van der Waals surface area contributed by atoms with Crippen LogP contribution >= 0.6 is 0 Å². The molecule has 0 aliphatic heterocycles. The molecule has 0 aromatic heterocycles. The van der Waals surface area contributed by atoms with E-state index < -0.39 is 24.1 Å². The number of hydrogen-bond donors (Lipinski definition) is 0. The number of nitrogens with zero attached hydrogens (tertiary/aromatic N) is 1. The molecule has 0 N–H and O–H groups in total. The number of likely N-dealkylation sites (N-methyl/N-ethyl adjacent to an activating group) is 1. The van der Waals surface area contributed by atoms with Crippen LogP contribution in [0.1, 0.15) is 142 Å². The SMILES string of the molecule is CC/C=C/C/C=C/C/C=C/CC(=O)OC(COCCC(C(=O)[O-])[N+](C)(C)C)COC(=O)CCCCCCC/C=C/C=C/CCCCCCCCC. The summed E-state index contributed by atoms with van der Waals surface area (Å²) in [6, 6.07) is -0.742. The molecule has 0 aliphatic carbocycles. The number of carbonyl (C=O) groups is 3. The van der Waals surface area contributed by atoms with Crippen molar-refractivity contribution in [3.05, 3.63) is 60.8 Å². The molecule has 0 spiro atoms. The maximum Gasteiger partial charge on any atom is 0.310 e. The van der Waals surface area contributed by atoms with Gasteiger partial charge in [0.2, 0.25) is 0 Å². The summed E-state index contributed by atoms with van der Waals surface area (Å²) in [7, 11) is 5.35. The highest BCUT2D eigenvalue weighted by atomic mass is 16.6. The van der Waals surface area contributed by atoms with Crippen LogP contribution in [0.5, 0.6) is 0 Å². The number of esters is 2. The summed E-state index contributed by atoms with van der Waals surface area (Å²) in [5.74, 6) is -1.92. The van der Waals surface area contributed by atoms with Gasteiger partial charge in [-0.3, -0.25) is 9.59 Å². The van der Waals surface area contributed by atoms with Gasteiger partial charge >= 0.3 is 11.9 Å². The van der Waals surface area contributed by atoms with Gasteiger partial charge in [0.25, 0.3) is 0 Å². The van der Waals surface area contributed by atoms with Crippen molar-refractivity contribution in [2.24, 2.45) is 0 Å². The number of aliphatic carboxylic acids is 1. The summed E-state index contributed by atoms with van der Waals surface area (Å²) in [6.45, 7) is 4.38. The third kappa shape index (κ3) is 32.7. The molecule has 51 heavy (non-hydrogen) atoms. The summed E-state index contributed by atoms with van der Waals surface area (Å²) in [6.07, 6.45) is 40.1. The van der Waals surface area contributed by atoms with Gasteiger partial charge in [-0.1, -0.05) is 132 Å². The van der Waals surface area contributed by atoms with Crippen LogP contribution < -0.4 is 5.11 Å². The van der Waals surface area contributed by atoms with Gasteiger partial charge < -0.3 is 28.6 Å². The number of unbranched alkanes of at least 4 members (excludes halogenated alkanes) is 12. The predicted molar refractivity (Wildman–Crippen MR) is 208 cm³/mol. The topological polar surface area (TPSA) is 102 Å². The number of carbonyl (C=O) groups excluding carboxylic acids is 3. The first-order valence-electron chi connectivity index (χ1n) is 19.8. The van der Waals surface area contributed by atoms with Crippen LogP contribution in [0.4, 0.5) is 0 Å². The molecule has 8 heteroatoms. The average molecular weight is 716 g/mol. The average Bonchev–Trinajstić information content (AvgIpc) is 3.08. The first-order chi connectivity index (χ1) is 24.6. The van der Waals surface area contributed by atoms with Crippen LogP contribution in [0.2, 0.25) is 0 Å². The van der Waals surface area contributed by atoms with E-state index in [9.17, 15) is 19.5 Å². The normalized spacial score (nSPS) is 13.7. The van der Waals surface area contributed by atoms with Crippen LogP contribution in [-0.2, 0) is 28.6 Å². The van der Waals surface area contributed by atoms with Gasteiger partial charge in [0, 0.05) is 12.8 Å². The van der Waals surface area contributed by atoms with Crippen LogP contribution in [0, 0.1) is 0 Å². The Morgan fingerprint density at radius 1 is 0.647 bits per heavy atom. The standard InChI is InChI=1S/C43H73NO7/c1-6-8-10-12-14-16-17-18-19-20-21-22-23-24-26-27-29-31-33-41(45)50-38-39(37-49-36-35-40(43(47)48)44(3,4)5)51-42(46)34-32-30-28-25-15-13-11-9-7-2/h9,11,15,19-22,25,30,32,39-40H,6-8,10,12-14,16-18,23-24,26-29,31,33-38H2,1-5H3/b11-9+,20-19+,22-21+,25-15+,32-30+. The fourth-order valence-corrected chi connectivity index (χ4v) is 5.36. The van der Waals surface area contributed by atoms with E-state index in [1.807, 2.05) is 12.2 Å². The number of allylic oxidation sites excluding steroid dienone is 9. The van der Waals surface area contributed by atoms with E-state index in [4.69, 9.17) is 14.2 Å². The van der Waals surface area contributed by atoms with Gasteiger partial charge in [0.1, 0.15) is 12.6 Å². The van der Waals surface area contributed by atoms with E-state index in [1.54, 1.807) is 27.2 Å². The van der Waals surface area contributed by atoms with Gasteiger partial charge in [-0.2, -0.15) is 0 Å². The second kappa shape index (κ2) is 34.1. The molecule has 2 atom stereocenters. The first kappa shape index (κ1) is 48.0. The smallest absolute Gasteiger partial charge is 0.310 e. The number of hydrogen-bond acceptors (Lipinski definition) is 7. The van der Waals surface area contributed by atoms with Crippen molar-refractivity contribution < 1.29 is 38.2 Å². The van der Waals surface area contributed by atoms with Crippen molar-refractivity contribution in [3.8, 4) is 0 Å². The maximum atomic E-state index is 12.5. The fraction of sp³-hybridized carbons (Fsp3) is 0.698. The Labute approximate surface area is 311 Å². The van der Waals surface area contributed by atoms with Gasteiger partial charge in [0.15, 0.2) is 6.10 Å². The minimum absolute atomic E-state index is 0.00289. The number of carboxylic acid groups (broad SMARTS) is 1. The van der Waals surface area contributed by atoms with Crippen molar-refractivity contribution in [2.45, 2.75) is 154 Å². The minimum atomic E-state index is -1.14. The number of rotatable bonds is 34. The minimum Gasteiger partial charge on any atom is -0.544 e. The molecule has 0 aromatic carbocycles. The molecule has 292 valence electrons. The zero-order valence-electron chi connectivity index (χ0n) is 33.0. The highest BCUT2D eigenvalue weighted by molar-refractivity contribution is 5.71. The highest BCUT2D eigenvalue weighted by Gasteiger charge is 2.25. The Balaban J connectivity index is 4.42. The molecule has 0 heterocycles. The quantitative estimate of drug-likeness (QED) is 0.0216. The van der Waals surface area contributed by atoms with Crippen molar-refractivity contribution in [2.75, 3.05) is 41.0 Å². The Bertz CT molecular complexity index is 1020. The third-order valence-electron chi connectivity index (χ3n) is 8.45. The molecule has 8 nitrogen and oxygen atoms in total. The molecule has 0 radical (unpaired) electrons. The lowest BCUT2D eigenvalue weighted by atomic mass is 10.1. The molecule has 0 bridgehead atoms. The number of ether oxygens (including phenoxy) is 3. The van der Waals surface area contributed by atoms with E-state index >= 15 is 0 Å². The molecular formula is C43H73NO7. The molecule has 0 aliphatic rings. The summed E-state index contributed by atoms with van der Waals surface area (Å²) in [5, 5.41) is 11.6. The largest absolute Gasteiger partial charge is 0.544 e. The van der Waals surface area contributed by atoms with E-state index in [0.29, 0.717) is 6.42 Å². The fourth-order valence-electron chi connectivity index (χ4n) is 5.36. The van der Waals surface area contributed by atoms with Crippen molar-refractivity contribution in [1.82, 2.24) is 0 Å². The molecule has 0 rings (SSSR count). The summed E-state index contributed by atoms with van der Waals surface area (Å²) in [4.78, 5) is 36.5. The molecule has 0 amide bonds. The predicted octanol–water partition coefficient (Wildman–Crippen LogP) is 8.91. The van der Waals surface area contributed by atoms with E-state index in [0.717, 1.165) is 64.2 Å².